The van der Waals surface area contributed by atoms with Crippen LogP contribution in [0.1, 0.15) is 25.3 Å². The minimum absolute atomic E-state index is 0.141. The Morgan fingerprint density at radius 2 is 1.95 bits per heavy atom. The molecule has 0 saturated carbocycles. The highest BCUT2D eigenvalue weighted by molar-refractivity contribution is 5.87. The summed E-state index contributed by atoms with van der Waals surface area (Å²) in [5.41, 5.74) is 6.53. The van der Waals surface area contributed by atoms with Crippen molar-refractivity contribution in [3.8, 4) is 5.75 Å². The van der Waals surface area contributed by atoms with Gasteiger partial charge in [-0.15, -0.1) is 0 Å². The quantitative estimate of drug-likeness (QED) is 0.643. The van der Waals surface area contributed by atoms with E-state index in [4.69, 9.17) is 10.5 Å². The average molecular weight is 294 g/mol. The Kier molecular flexibility index (Phi) is 6.68. The lowest BCUT2D eigenvalue weighted by Gasteiger charge is -2.19. The van der Waals surface area contributed by atoms with Gasteiger partial charge in [-0.2, -0.15) is 0 Å². The monoisotopic (exact) mass is 294 g/mol. The molecule has 0 aliphatic heterocycles. The predicted octanol–water partition coefficient (Wildman–Crippen LogP) is 0.720. The van der Waals surface area contributed by atoms with Gasteiger partial charge >= 0.3 is 5.97 Å². The normalized spacial score (nSPS) is 13.3. The van der Waals surface area contributed by atoms with Crippen LogP contribution in [0.25, 0.3) is 0 Å². The number of rotatable bonds is 7. The number of nitrogens with one attached hydrogen (secondary N) is 1. The molecule has 0 saturated heterocycles. The predicted molar refractivity (Wildman–Crippen MR) is 78.6 cm³/mol. The summed E-state index contributed by atoms with van der Waals surface area (Å²) in [5.74, 6) is -0.756. The Bertz CT molecular complexity index is 473. The molecule has 0 heterocycles. The van der Waals surface area contributed by atoms with Crippen molar-refractivity contribution in [2.75, 3.05) is 7.11 Å². The number of phenols is 1. The first-order chi connectivity index (χ1) is 9.97. The van der Waals surface area contributed by atoms with Crippen molar-refractivity contribution in [2.45, 2.75) is 38.3 Å². The molecular weight excluding hydrogens is 272 g/mol. The third kappa shape index (κ3) is 5.43. The number of aromatic hydroxyl groups is 1. The Hall–Kier alpha value is -2.08. The molecule has 0 aliphatic rings. The van der Waals surface area contributed by atoms with Crippen LogP contribution in [0.15, 0.2) is 24.3 Å². The van der Waals surface area contributed by atoms with E-state index >= 15 is 0 Å². The van der Waals surface area contributed by atoms with Gasteiger partial charge in [-0.25, -0.2) is 4.79 Å². The largest absolute Gasteiger partial charge is 0.508 e. The minimum atomic E-state index is -0.796. The van der Waals surface area contributed by atoms with Crippen LogP contribution < -0.4 is 11.1 Å². The summed E-state index contributed by atoms with van der Waals surface area (Å²) in [5, 5.41) is 11.9. The highest BCUT2D eigenvalue weighted by Crippen LogP contribution is 2.12. The van der Waals surface area contributed by atoms with Crippen molar-refractivity contribution < 1.29 is 19.4 Å². The van der Waals surface area contributed by atoms with Crippen LogP contribution >= 0.6 is 0 Å². The van der Waals surface area contributed by atoms with Gasteiger partial charge in [0, 0.05) is 6.42 Å². The van der Waals surface area contributed by atoms with E-state index in [1.54, 1.807) is 12.1 Å². The van der Waals surface area contributed by atoms with Crippen molar-refractivity contribution >= 4 is 11.9 Å². The van der Waals surface area contributed by atoms with Gasteiger partial charge in [-0.05, 0) is 24.1 Å². The number of ether oxygens (including phenoxy) is 1. The van der Waals surface area contributed by atoms with Gasteiger partial charge in [-0.3, -0.25) is 4.79 Å². The Balaban J connectivity index is 2.74. The zero-order valence-electron chi connectivity index (χ0n) is 12.3. The van der Waals surface area contributed by atoms with Crippen LogP contribution in [-0.2, 0) is 20.7 Å². The third-order valence-electron chi connectivity index (χ3n) is 3.11. The lowest BCUT2D eigenvalue weighted by Crippen LogP contribution is -2.49. The van der Waals surface area contributed by atoms with Gasteiger partial charge in [0.2, 0.25) is 5.91 Å². The van der Waals surface area contributed by atoms with Crippen molar-refractivity contribution in [1.82, 2.24) is 5.32 Å². The van der Waals surface area contributed by atoms with Crippen LogP contribution in [0.5, 0.6) is 5.75 Å². The summed E-state index contributed by atoms with van der Waals surface area (Å²) < 4.78 is 4.71. The highest BCUT2D eigenvalue weighted by Gasteiger charge is 2.24. The van der Waals surface area contributed by atoms with Gasteiger partial charge in [-0.1, -0.05) is 25.5 Å². The molecule has 116 valence electrons. The molecule has 21 heavy (non-hydrogen) atoms. The molecule has 6 nitrogen and oxygen atoms in total. The fourth-order valence-electron chi connectivity index (χ4n) is 1.92. The van der Waals surface area contributed by atoms with Gasteiger partial charge in [0.1, 0.15) is 11.8 Å². The molecule has 0 radical (unpaired) electrons. The summed E-state index contributed by atoms with van der Waals surface area (Å²) >= 11 is 0. The topological polar surface area (TPSA) is 102 Å². The maximum absolute atomic E-state index is 11.9. The van der Waals surface area contributed by atoms with Crippen LogP contribution in [0.4, 0.5) is 0 Å². The standard InChI is InChI=1S/C15H22N2O4/c1-3-4-12(16)14(19)17-13(15(20)21-2)9-10-5-7-11(18)8-6-10/h5-8,12-13,18H,3-4,9,16H2,1-2H3,(H,17,19)/t12-,13-/m0/s1. The van der Waals surface area contributed by atoms with Crippen LogP contribution in [0.3, 0.4) is 0 Å². The molecule has 1 aromatic carbocycles. The molecule has 0 spiro atoms. The second kappa shape index (κ2) is 8.26. The second-order valence-electron chi connectivity index (χ2n) is 4.85. The highest BCUT2D eigenvalue weighted by atomic mass is 16.5. The lowest BCUT2D eigenvalue weighted by atomic mass is 10.0. The molecule has 0 aromatic heterocycles. The molecule has 0 fully saturated rings. The fraction of sp³-hybridized carbons (Fsp3) is 0.467. The number of nitrogens with two attached hydrogens (primary N) is 1. The molecule has 1 rings (SSSR count). The SMILES string of the molecule is CCC[C@H](N)C(=O)N[C@@H](Cc1ccc(O)cc1)C(=O)OC. The average Bonchev–Trinajstić information content (AvgIpc) is 2.48. The van der Waals surface area contributed by atoms with E-state index in [0.717, 1.165) is 12.0 Å². The van der Waals surface area contributed by atoms with E-state index in [-0.39, 0.29) is 18.1 Å². The first-order valence-corrected chi connectivity index (χ1v) is 6.89. The van der Waals surface area contributed by atoms with Crippen molar-refractivity contribution in [1.29, 1.82) is 0 Å². The molecule has 0 bridgehead atoms. The number of methoxy groups -OCH3 is 1. The number of carbonyl (C=O) groups is 2. The maximum Gasteiger partial charge on any atom is 0.328 e. The van der Waals surface area contributed by atoms with Gasteiger partial charge < -0.3 is 20.9 Å². The van der Waals surface area contributed by atoms with E-state index in [1.807, 2.05) is 6.92 Å². The molecule has 6 heteroatoms. The number of hydrogen-bond acceptors (Lipinski definition) is 5. The lowest BCUT2D eigenvalue weighted by molar-refractivity contribution is -0.145. The molecule has 0 aliphatic carbocycles. The first-order valence-electron chi connectivity index (χ1n) is 6.89. The Morgan fingerprint density at radius 3 is 2.48 bits per heavy atom. The van der Waals surface area contributed by atoms with E-state index < -0.39 is 18.1 Å². The number of esters is 1. The van der Waals surface area contributed by atoms with Gasteiger partial charge in [0.15, 0.2) is 0 Å². The fourth-order valence-corrected chi connectivity index (χ4v) is 1.92. The summed E-state index contributed by atoms with van der Waals surface area (Å²) in [6, 6.07) is 4.98. The molecule has 1 aromatic rings. The van der Waals surface area contributed by atoms with E-state index in [0.29, 0.717) is 6.42 Å². The zero-order valence-corrected chi connectivity index (χ0v) is 12.3. The smallest absolute Gasteiger partial charge is 0.328 e. The third-order valence-corrected chi connectivity index (χ3v) is 3.11. The van der Waals surface area contributed by atoms with E-state index in [2.05, 4.69) is 5.32 Å². The zero-order chi connectivity index (χ0) is 15.8. The van der Waals surface area contributed by atoms with Crippen LogP contribution in [0, 0.1) is 0 Å². The summed E-state index contributed by atoms with van der Waals surface area (Å²) in [7, 11) is 1.27. The number of benzene rings is 1. The second-order valence-corrected chi connectivity index (χ2v) is 4.85. The summed E-state index contributed by atoms with van der Waals surface area (Å²) in [6.45, 7) is 1.93. The molecule has 1 amide bonds. The van der Waals surface area contributed by atoms with Crippen LogP contribution in [-0.4, -0.2) is 36.2 Å². The summed E-state index contributed by atoms with van der Waals surface area (Å²) in [4.78, 5) is 23.7. The van der Waals surface area contributed by atoms with E-state index in [9.17, 15) is 14.7 Å². The van der Waals surface area contributed by atoms with Crippen molar-refractivity contribution in [2.24, 2.45) is 5.73 Å². The minimum Gasteiger partial charge on any atom is -0.508 e. The Morgan fingerprint density at radius 1 is 1.33 bits per heavy atom. The number of amides is 1. The van der Waals surface area contributed by atoms with Gasteiger partial charge in [0.25, 0.3) is 0 Å². The van der Waals surface area contributed by atoms with Crippen LogP contribution in [0.2, 0.25) is 0 Å². The van der Waals surface area contributed by atoms with Gasteiger partial charge in [0.05, 0.1) is 13.2 Å². The van der Waals surface area contributed by atoms with E-state index in [1.165, 1.54) is 19.2 Å². The summed E-state index contributed by atoms with van der Waals surface area (Å²) in [6.07, 6.45) is 1.62. The molecule has 0 unspecified atom stereocenters. The maximum atomic E-state index is 11.9. The number of phenolic OH excluding ortho intramolecular Hbond substituents is 1. The molecule has 2 atom stereocenters. The van der Waals surface area contributed by atoms with Crippen molar-refractivity contribution in [3.05, 3.63) is 29.8 Å². The van der Waals surface area contributed by atoms with Crippen molar-refractivity contribution in [3.63, 3.8) is 0 Å². The molecular formula is C15H22N2O4. The number of carbonyl (C=O) groups excluding carboxylic acids is 2. The number of hydrogen-bond donors (Lipinski definition) is 3. The first kappa shape index (κ1) is 17.0. The molecule has 4 N–H and O–H groups in total. The Labute approximate surface area is 124 Å².